The first-order valence-electron chi connectivity index (χ1n) is 37.8. The zero-order valence-corrected chi connectivity index (χ0v) is 63.4. The highest BCUT2D eigenvalue weighted by molar-refractivity contribution is 6.74. The van der Waals surface area contributed by atoms with E-state index in [1.54, 1.807) is 13.8 Å². The molecule has 10 aliphatic carbocycles. The highest BCUT2D eigenvalue weighted by atomic mass is 28.4. The summed E-state index contributed by atoms with van der Waals surface area (Å²) in [5.74, 6) is 5.79. The highest BCUT2D eigenvalue weighted by Gasteiger charge is 2.87. The largest absolute Gasteiger partial charge is 0.457 e. The topological polar surface area (TPSA) is 110 Å². The summed E-state index contributed by atoms with van der Waals surface area (Å²) >= 11 is 0. The molecular formula is C78H134O9Si2. The molecule has 26 atom stereocenters. The van der Waals surface area contributed by atoms with Crippen LogP contribution >= 0.6 is 0 Å². The Balaban J connectivity index is 0.000000184. The number of hydrogen-bond donors (Lipinski definition) is 1. The number of hydrogen-bond acceptors (Lipinski definition) is 9. The molecule has 0 aromatic carbocycles. The minimum Gasteiger partial charge on any atom is -0.457 e. The Morgan fingerprint density at radius 2 is 0.876 bits per heavy atom. The van der Waals surface area contributed by atoms with Gasteiger partial charge in [0, 0.05) is 24.7 Å². The molecule has 2 aliphatic heterocycles. The molecule has 12 rings (SSSR count). The Morgan fingerprint density at radius 1 is 0.528 bits per heavy atom. The number of aliphatic hydroxyl groups is 1. The molecule has 0 aromatic heterocycles. The highest BCUT2D eigenvalue weighted by Crippen LogP contribution is 2.92. The zero-order valence-electron chi connectivity index (χ0n) is 61.4. The lowest BCUT2D eigenvalue weighted by Crippen LogP contribution is -2.61. The molecule has 12 fully saturated rings. The molecule has 4 spiro atoms. The van der Waals surface area contributed by atoms with E-state index in [9.17, 15) is 14.7 Å². The van der Waals surface area contributed by atoms with Crippen molar-refractivity contribution in [2.75, 3.05) is 0 Å². The lowest BCUT2D eigenvalue weighted by Gasteiger charge is -2.64. The first-order chi connectivity index (χ1) is 41.4. The molecule has 508 valence electrons. The van der Waals surface area contributed by atoms with Crippen molar-refractivity contribution in [3.05, 3.63) is 12.2 Å². The van der Waals surface area contributed by atoms with Crippen LogP contribution in [0.3, 0.4) is 0 Å². The van der Waals surface area contributed by atoms with Gasteiger partial charge < -0.3 is 32.9 Å². The molecule has 0 bridgehead atoms. The molecule has 0 unspecified atom stereocenters. The number of fused-ring (bicyclic) bond motifs is 8. The molecule has 11 heteroatoms. The first-order valence-corrected chi connectivity index (χ1v) is 42.8. The predicted molar refractivity (Wildman–Crippen MR) is 365 cm³/mol. The van der Waals surface area contributed by atoms with Crippen LogP contribution in [0.2, 0.25) is 36.3 Å². The van der Waals surface area contributed by atoms with Gasteiger partial charge in [-0.25, -0.2) is 0 Å². The van der Waals surface area contributed by atoms with Gasteiger partial charge in [0.05, 0.1) is 42.2 Å². The third-order valence-electron chi connectivity index (χ3n) is 33.7. The average Bonchev–Trinajstić information content (AvgIpc) is 1.47. The second-order valence-electron chi connectivity index (χ2n) is 37.1. The second kappa shape index (κ2) is 22.8. The van der Waals surface area contributed by atoms with Crippen molar-refractivity contribution >= 4 is 28.6 Å². The van der Waals surface area contributed by atoms with Crippen molar-refractivity contribution in [3.63, 3.8) is 0 Å². The van der Waals surface area contributed by atoms with E-state index in [1.807, 2.05) is 6.92 Å². The third-order valence-corrected chi connectivity index (χ3v) is 43.0. The smallest absolute Gasteiger partial charge is 0.303 e. The molecule has 10 saturated carbocycles. The van der Waals surface area contributed by atoms with Crippen LogP contribution in [-0.2, 0) is 37.4 Å². The van der Waals surface area contributed by atoms with E-state index < -0.39 is 34.4 Å². The monoisotopic (exact) mass is 1270 g/mol. The number of ether oxygens (including phenoxy) is 4. The van der Waals surface area contributed by atoms with Crippen molar-refractivity contribution in [2.45, 2.75) is 353 Å². The maximum Gasteiger partial charge on any atom is 0.303 e. The summed E-state index contributed by atoms with van der Waals surface area (Å²) in [5, 5.41) is 11.3. The quantitative estimate of drug-likeness (QED) is 0.0918. The first kappa shape index (κ1) is 69.3. The van der Waals surface area contributed by atoms with Crippen LogP contribution in [0, 0.1) is 113 Å². The van der Waals surface area contributed by atoms with Crippen LogP contribution in [0.1, 0.15) is 262 Å². The van der Waals surface area contributed by atoms with Crippen LogP contribution < -0.4 is 0 Å². The Kier molecular flexibility index (Phi) is 17.7. The summed E-state index contributed by atoms with van der Waals surface area (Å²) in [5.41, 5.74) is 2.90. The van der Waals surface area contributed by atoms with Crippen molar-refractivity contribution in [1.29, 1.82) is 0 Å². The molecule has 0 radical (unpaired) electrons. The van der Waals surface area contributed by atoms with Crippen molar-refractivity contribution in [2.24, 2.45) is 113 Å². The summed E-state index contributed by atoms with van der Waals surface area (Å²) in [6, 6.07) is 6.88. The van der Waals surface area contributed by atoms with E-state index in [0.717, 1.165) is 78.4 Å². The molecule has 2 heterocycles. The number of carbonyl (C=O) groups excluding carboxylic acids is 2. The average molecular weight is 1270 g/mol. The van der Waals surface area contributed by atoms with Gasteiger partial charge >= 0.3 is 11.9 Å². The SMILES string of the molecule is C=C(C)[C@@H](OC(C)=O)[C@H]1C[C@@H](C)[C@H]2[C@H](O1)[C@H](O[Si](CC)(CC)CC)[C@@]1(C)[C@@H]3CC[C@H]4C(C)(C)[C@@H](C)CC[C@@]45C[C@@]35CC[C@]21C.CC[Si](CC)(CC)O[C@H]1[C@H]2O[C@@H]([C@H](OC(C)=O)C(C)(C)O)C[C@@H](C)[C@@H]2[C@@]2(C)CC[C@@]34C[C@@]35CC[C@H](C)C(C)(C)[C@@H]5CC[C@H]4[C@]12C. The predicted octanol–water partition coefficient (Wildman–Crippen LogP) is 19.1. The lowest BCUT2D eigenvalue weighted by atomic mass is 9.41. The van der Waals surface area contributed by atoms with Gasteiger partial charge in [0.1, 0.15) is 6.10 Å². The van der Waals surface area contributed by atoms with E-state index in [-0.39, 0.29) is 70.2 Å². The van der Waals surface area contributed by atoms with E-state index in [1.165, 1.54) is 104 Å². The van der Waals surface area contributed by atoms with Gasteiger partial charge in [-0.3, -0.25) is 9.59 Å². The van der Waals surface area contributed by atoms with Gasteiger partial charge in [-0.1, -0.05) is 131 Å². The van der Waals surface area contributed by atoms with E-state index in [2.05, 4.69) is 131 Å². The van der Waals surface area contributed by atoms with Crippen LogP contribution in [-0.4, -0.2) is 88.1 Å². The second-order valence-corrected chi connectivity index (χ2v) is 46.6. The minimum atomic E-state index is -2.00. The molecule has 2 saturated heterocycles. The maximum atomic E-state index is 12.3. The Bertz CT molecular complexity index is 2660. The molecule has 89 heavy (non-hydrogen) atoms. The fourth-order valence-electron chi connectivity index (χ4n) is 27.8. The van der Waals surface area contributed by atoms with E-state index in [0.29, 0.717) is 68.0 Å². The van der Waals surface area contributed by atoms with Crippen LogP contribution in [0.4, 0.5) is 0 Å². The van der Waals surface area contributed by atoms with Gasteiger partial charge in [0.25, 0.3) is 0 Å². The molecule has 12 aliphatic rings. The summed E-state index contributed by atoms with van der Waals surface area (Å²) in [6.45, 7) is 58.0. The van der Waals surface area contributed by atoms with Crippen molar-refractivity contribution in [3.8, 4) is 0 Å². The van der Waals surface area contributed by atoms with E-state index in [4.69, 9.17) is 27.8 Å². The van der Waals surface area contributed by atoms with Gasteiger partial charge in [0.2, 0.25) is 0 Å². The lowest BCUT2D eigenvalue weighted by molar-refractivity contribution is -0.215. The van der Waals surface area contributed by atoms with Crippen molar-refractivity contribution in [1.82, 2.24) is 0 Å². The van der Waals surface area contributed by atoms with Gasteiger partial charge in [-0.05, 0) is 268 Å². The Hall–Kier alpha value is -1.09. The standard InChI is InChI=1S/C39H68O5Si.C39H66O4Si/c1-13-45(14-2,15-3)44-33-31-30(24(4)22-27(43-31)32(35(9,10)41)42-26(6)40)36(11)20-21-39-23-38(39)19-18-25(5)34(7,8)28(38)16-17-29(39)37(33,36)12;1-13-44(14-2,15-3)43-34-33-31(25(6)22-28(42-33)32(24(4)5)41-27(8)40)36(11)20-21-39-23-38(39)19-18-26(7)35(9,10)29(38)16-17-30(39)37(34,36)12/h24-25,27-33,41H,13-23H2,1-12H3;25-26,28-34H,4,13-23H2,1-3,5-12H3/t24-,25+,27-,28+,29+,30+,31+,32+,33+,36-,37-,38-,39+;25-,26+,28-,29+,30+,31+,32-,33+,34+,36-,37-,38-,39+/m11/s1. The summed E-state index contributed by atoms with van der Waals surface area (Å²) < 4.78 is 42.2. The summed E-state index contributed by atoms with van der Waals surface area (Å²) in [4.78, 5) is 24.5. The normalized spacial score (nSPS) is 49.3. The Morgan fingerprint density at radius 3 is 1.22 bits per heavy atom. The van der Waals surface area contributed by atoms with Crippen LogP contribution in [0.25, 0.3) is 0 Å². The molecule has 0 aromatic rings. The number of esters is 2. The summed E-state index contributed by atoms with van der Waals surface area (Å²) in [6.07, 6.45) is 19.5. The number of carbonyl (C=O) groups is 2. The van der Waals surface area contributed by atoms with Gasteiger partial charge in [-0.2, -0.15) is 0 Å². The fourth-order valence-corrected chi connectivity index (χ4v) is 33.6. The fraction of sp³-hybridized carbons (Fsp3) is 0.949. The molecule has 9 nitrogen and oxygen atoms in total. The zero-order chi connectivity index (χ0) is 65.4. The van der Waals surface area contributed by atoms with Crippen LogP contribution in [0.5, 0.6) is 0 Å². The maximum absolute atomic E-state index is 12.3. The van der Waals surface area contributed by atoms with Crippen LogP contribution in [0.15, 0.2) is 12.2 Å². The third kappa shape index (κ3) is 9.49. The minimum absolute atomic E-state index is 0.0227. The molecular weight excluding hydrogens is 1140 g/mol. The van der Waals surface area contributed by atoms with Gasteiger partial charge in [-0.15, -0.1) is 0 Å². The number of rotatable bonds is 16. The van der Waals surface area contributed by atoms with Crippen molar-refractivity contribution < 1.29 is 42.5 Å². The molecule has 0 amide bonds. The van der Waals surface area contributed by atoms with E-state index >= 15 is 0 Å². The Labute approximate surface area is 546 Å². The van der Waals surface area contributed by atoms with Gasteiger partial charge in [0.15, 0.2) is 22.7 Å². The summed E-state index contributed by atoms with van der Waals surface area (Å²) in [7, 11) is -3.95. The molecule has 1 N–H and O–H groups in total.